The topological polar surface area (TPSA) is 37.3 Å². The molecule has 2 nitrogen and oxygen atoms in total. The molecule has 0 aliphatic rings. The lowest BCUT2D eigenvalue weighted by Crippen LogP contribution is -2.05. The number of rotatable bonds is 4. The van der Waals surface area contributed by atoms with Crippen molar-refractivity contribution < 1.29 is 14.3 Å². The summed E-state index contributed by atoms with van der Waals surface area (Å²) in [6.45, 7) is 1.94. The molecule has 0 spiro atoms. The second-order valence-corrected chi connectivity index (χ2v) is 5.59. The van der Waals surface area contributed by atoms with E-state index in [2.05, 4.69) is 0 Å². The van der Waals surface area contributed by atoms with E-state index in [1.54, 1.807) is 12.1 Å². The molecule has 0 unspecified atom stereocenters. The summed E-state index contributed by atoms with van der Waals surface area (Å²) in [5.41, 5.74) is 4.33. The van der Waals surface area contributed by atoms with Crippen LogP contribution < -0.4 is 0 Å². The molecule has 0 fully saturated rings. The third-order valence-electron chi connectivity index (χ3n) is 4.08. The van der Waals surface area contributed by atoms with Crippen molar-refractivity contribution in [1.29, 1.82) is 0 Å². The Morgan fingerprint density at radius 3 is 2.17 bits per heavy atom. The van der Waals surface area contributed by atoms with Gasteiger partial charge in [0, 0.05) is 0 Å². The minimum atomic E-state index is -0.967. The van der Waals surface area contributed by atoms with Crippen LogP contribution in [0.5, 0.6) is 0 Å². The molecule has 0 saturated carbocycles. The van der Waals surface area contributed by atoms with Gasteiger partial charge in [-0.3, -0.25) is 0 Å². The summed E-state index contributed by atoms with van der Waals surface area (Å²) in [6.07, 6.45) is 0.608. The molecule has 0 atom stereocenters. The molecular formula is C21H17FO2. The monoisotopic (exact) mass is 320 g/mol. The fourth-order valence-electron chi connectivity index (χ4n) is 2.89. The molecule has 0 aliphatic carbocycles. The molecule has 1 N–H and O–H groups in total. The number of carboxylic acids is 1. The molecule has 3 aromatic rings. The highest BCUT2D eigenvalue weighted by Gasteiger charge is 2.18. The van der Waals surface area contributed by atoms with Gasteiger partial charge in [-0.25, -0.2) is 9.18 Å². The smallest absolute Gasteiger partial charge is 0.336 e. The highest BCUT2D eigenvalue weighted by Crippen LogP contribution is 2.33. The van der Waals surface area contributed by atoms with Crippen LogP contribution in [0.15, 0.2) is 66.7 Å². The number of hydrogen-bond acceptors (Lipinski definition) is 1. The van der Waals surface area contributed by atoms with Gasteiger partial charge in [0.2, 0.25) is 0 Å². The van der Waals surface area contributed by atoms with Gasteiger partial charge in [-0.15, -0.1) is 0 Å². The first-order chi connectivity index (χ1) is 11.6. The predicted octanol–water partition coefficient (Wildman–Crippen LogP) is 5.42. The first-order valence-electron chi connectivity index (χ1n) is 7.81. The summed E-state index contributed by atoms with van der Waals surface area (Å²) < 4.78 is 13.2. The molecule has 0 radical (unpaired) electrons. The molecule has 0 heterocycles. The first-order valence-corrected chi connectivity index (χ1v) is 7.81. The van der Waals surface area contributed by atoms with E-state index in [-0.39, 0.29) is 11.4 Å². The average molecular weight is 320 g/mol. The Labute approximate surface area is 140 Å². The zero-order chi connectivity index (χ0) is 17.1. The second kappa shape index (κ2) is 6.67. The second-order valence-electron chi connectivity index (χ2n) is 5.59. The molecule has 3 rings (SSSR count). The van der Waals surface area contributed by atoms with Crippen LogP contribution >= 0.6 is 0 Å². The van der Waals surface area contributed by atoms with E-state index in [1.165, 1.54) is 12.1 Å². The Bertz CT molecular complexity index is 868. The van der Waals surface area contributed by atoms with Crippen molar-refractivity contribution in [3.8, 4) is 22.3 Å². The van der Waals surface area contributed by atoms with Crippen LogP contribution in [0.2, 0.25) is 0 Å². The Morgan fingerprint density at radius 1 is 0.917 bits per heavy atom. The van der Waals surface area contributed by atoms with E-state index in [4.69, 9.17) is 0 Å². The van der Waals surface area contributed by atoms with Crippen molar-refractivity contribution in [3.63, 3.8) is 0 Å². The summed E-state index contributed by atoms with van der Waals surface area (Å²) in [4.78, 5) is 11.8. The molecule has 0 aromatic heterocycles. The third kappa shape index (κ3) is 3.06. The van der Waals surface area contributed by atoms with E-state index in [0.717, 1.165) is 16.7 Å². The highest BCUT2D eigenvalue weighted by atomic mass is 19.1. The molecule has 120 valence electrons. The van der Waals surface area contributed by atoms with Gasteiger partial charge in [0.25, 0.3) is 0 Å². The van der Waals surface area contributed by atoms with Crippen molar-refractivity contribution in [1.82, 2.24) is 0 Å². The Kier molecular flexibility index (Phi) is 4.43. The van der Waals surface area contributed by atoms with E-state index >= 15 is 0 Å². The van der Waals surface area contributed by atoms with Crippen molar-refractivity contribution >= 4 is 5.97 Å². The van der Waals surface area contributed by atoms with Gasteiger partial charge in [0.1, 0.15) is 5.82 Å². The van der Waals surface area contributed by atoms with Crippen molar-refractivity contribution in [2.24, 2.45) is 0 Å². The van der Waals surface area contributed by atoms with Crippen LogP contribution in [0.1, 0.15) is 22.8 Å². The minimum Gasteiger partial charge on any atom is -0.478 e. The number of aromatic carboxylic acids is 1. The summed E-state index contributed by atoms with van der Waals surface area (Å²) >= 11 is 0. The molecule has 3 aromatic carbocycles. The van der Waals surface area contributed by atoms with Crippen LogP contribution in [0, 0.1) is 5.82 Å². The predicted molar refractivity (Wildman–Crippen MR) is 93.6 cm³/mol. The van der Waals surface area contributed by atoms with Gasteiger partial charge in [0.15, 0.2) is 0 Å². The third-order valence-corrected chi connectivity index (χ3v) is 4.08. The molecule has 0 bridgehead atoms. The quantitative estimate of drug-likeness (QED) is 0.697. The zero-order valence-electron chi connectivity index (χ0n) is 13.3. The minimum absolute atomic E-state index is 0.281. The van der Waals surface area contributed by atoms with Crippen molar-refractivity contribution in [3.05, 3.63) is 83.7 Å². The lowest BCUT2D eigenvalue weighted by Gasteiger charge is -2.14. The summed E-state index contributed by atoms with van der Waals surface area (Å²) in [6, 6.07) is 19.5. The molecule has 0 saturated heterocycles. The summed E-state index contributed by atoms with van der Waals surface area (Å²) in [5, 5.41) is 9.68. The normalized spacial score (nSPS) is 10.6. The summed E-state index contributed by atoms with van der Waals surface area (Å²) in [5.74, 6) is -1.31. The van der Waals surface area contributed by atoms with E-state index in [0.29, 0.717) is 17.5 Å². The van der Waals surface area contributed by atoms with Crippen LogP contribution in [0.3, 0.4) is 0 Å². The van der Waals surface area contributed by atoms with E-state index in [1.807, 2.05) is 49.4 Å². The van der Waals surface area contributed by atoms with Crippen LogP contribution in [-0.4, -0.2) is 11.1 Å². The maximum atomic E-state index is 13.2. The fourth-order valence-corrected chi connectivity index (χ4v) is 2.89. The highest BCUT2D eigenvalue weighted by molar-refractivity contribution is 5.99. The van der Waals surface area contributed by atoms with Crippen LogP contribution in [0.4, 0.5) is 4.39 Å². The SMILES string of the molecule is CCc1cc(-c2ccccc2)cc(-c2ccc(F)cc2)c1C(=O)O. The number of carbonyl (C=O) groups is 1. The van der Waals surface area contributed by atoms with Crippen LogP contribution in [0.25, 0.3) is 22.3 Å². The van der Waals surface area contributed by atoms with Crippen LogP contribution in [-0.2, 0) is 6.42 Å². The zero-order valence-corrected chi connectivity index (χ0v) is 13.3. The number of halogens is 1. The fraction of sp³-hybridized carbons (Fsp3) is 0.0952. The maximum absolute atomic E-state index is 13.2. The lowest BCUT2D eigenvalue weighted by atomic mass is 9.89. The largest absolute Gasteiger partial charge is 0.478 e. The Balaban J connectivity index is 2.28. The standard InChI is InChI=1S/C21H17FO2/c1-2-14-12-17(15-6-4-3-5-7-15)13-19(20(14)21(23)24)16-8-10-18(22)11-9-16/h3-13H,2H2,1H3,(H,23,24). The van der Waals surface area contributed by atoms with Gasteiger partial charge in [-0.05, 0) is 52.4 Å². The van der Waals surface area contributed by atoms with Gasteiger partial charge >= 0.3 is 5.97 Å². The van der Waals surface area contributed by atoms with Crippen molar-refractivity contribution in [2.45, 2.75) is 13.3 Å². The maximum Gasteiger partial charge on any atom is 0.336 e. The molecular weight excluding hydrogens is 303 g/mol. The molecule has 0 aliphatic heterocycles. The van der Waals surface area contributed by atoms with E-state index < -0.39 is 5.97 Å². The number of carboxylic acid groups (broad SMARTS) is 1. The number of benzene rings is 3. The number of hydrogen-bond donors (Lipinski definition) is 1. The van der Waals surface area contributed by atoms with Gasteiger partial charge in [0.05, 0.1) is 5.56 Å². The Hall–Kier alpha value is -2.94. The van der Waals surface area contributed by atoms with Gasteiger partial charge < -0.3 is 5.11 Å². The van der Waals surface area contributed by atoms with E-state index in [9.17, 15) is 14.3 Å². The molecule has 24 heavy (non-hydrogen) atoms. The van der Waals surface area contributed by atoms with Gasteiger partial charge in [-0.2, -0.15) is 0 Å². The molecule has 0 amide bonds. The lowest BCUT2D eigenvalue weighted by molar-refractivity contribution is 0.0696. The van der Waals surface area contributed by atoms with Crippen molar-refractivity contribution in [2.75, 3.05) is 0 Å². The Morgan fingerprint density at radius 2 is 1.58 bits per heavy atom. The summed E-state index contributed by atoms with van der Waals surface area (Å²) in [7, 11) is 0. The first kappa shape index (κ1) is 15.9. The number of aryl methyl sites for hydroxylation is 1. The average Bonchev–Trinajstić information content (AvgIpc) is 2.61. The molecule has 3 heteroatoms. The van der Waals surface area contributed by atoms with Gasteiger partial charge in [-0.1, -0.05) is 55.5 Å².